The smallest absolute Gasteiger partial charge is 0.323 e. The Morgan fingerprint density at radius 2 is 2.21 bits per heavy atom. The van der Waals surface area contributed by atoms with E-state index in [9.17, 15) is 14.4 Å². The maximum Gasteiger partial charge on any atom is 0.325 e. The summed E-state index contributed by atoms with van der Waals surface area (Å²) in [7, 11) is 0. The highest BCUT2D eigenvalue weighted by Gasteiger charge is 2.54. The van der Waals surface area contributed by atoms with Crippen molar-refractivity contribution in [1.82, 2.24) is 19.6 Å². The SMILES string of the molecule is C[C@H]1CCCC[C@]12NC(=O)N(Cc1cc(=O)n3ccsc3n1)C2=O. The number of imide groups is 1. The zero-order valence-electron chi connectivity index (χ0n) is 13.3. The highest BCUT2D eigenvalue weighted by atomic mass is 32.1. The third kappa shape index (κ3) is 2.16. The van der Waals surface area contributed by atoms with Gasteiger partial charge in [-0.05, 0) is 18.8 Å². The van der Waals surface area contributed by atoms with Gasteiger partial charge in [0.2, 0.25) is 0 Å². The van der Waals surface area contributed by atoms with Crippen molar-refractivity contribution in [3.8, 4) is 0 Å². The van der Waals surface area contributed by atoms with Crippen molar-refractivity contribution in [2.45, 2.75) is 44.7 Å². The van der Waals surface area contributed by atoms with E-state index in [1.807, 2.05) is 6.92 Å². The molecule has 1 aliphatic carbocycles. The van der Waals surface area contributed by atoms with Gasteiger partial charge in [-0.15, -0.1) is 11.3 Å². The Bertz CT molecular complexity index is 889. The molecule has 1 saturated carbocycles. The number of hydrogen-bond donors (Lipinski definition) is 1. The van der Waals surface area contributed by atoms with Gasteiger partial charge in [-0.2, -0.15) is 0 Å². The predicted octanol–water partition coefficient (Wildman–Crippen LogP) is 1.76. The molecule has 7 nitrogen and oxygen atoms in total. The van der Waals surface area contributed by atoms with Gasteiger partial charge in [-0.1, -0.05) is 19.8 Å². The first-order valence-corrected chi connectivity index (χ1v) is 8.99. The van der Waals surface area contributed by atoms with Crippen molar-refractivity contribution in [2.24, 2.45) is 5.92 Å². The van der Waals surface area contributed by atoms with Crippen molar-refractivity contribution in [2.75, 3.05) is 0 Å². The van der Waals surface area contributed by atoms with Crippen LogP contribution in [-0.4, -0.2) is 31.8 Å². The molecular weight excluding hydrogens is 328 g/mol. The summed E-state index contributed by atoms with van der Waals surface area (Å²) in [4.78, 5) is 43.6. The van der Waals surface area contributed by atoms with Crippen LogP contribution in [0.4, 0.5) is 4.79 Å². The molecule has 0 aromatic carbocycles. The highest BCUT2D eigenvalue weighted by Crippen LogP contribution is 2.38. The Morgan fingerprint density at radius 3 is 3.00 bits per heavy atom. The molecule has 0 radical (unpaired) electrons. The van der Waals surface area contributed by atoms with E-state index in [0.29, 0.717) is 17.1 Å². The predicted molar refractivity (Wildman–Crippen MR) is 88.8 cm³/mol. The van der Waals surface area contributed by atoms with E-state index < -0.39 is 5.54 Å². The molecule has 126 valence electrons. The molecule has 3 amide bonds. The minimum Gasteiger partial charge on any atom is -0.323 e. The number of nitrogens with one attached hydrogen (secondary N) is 1. The molecule has 8 heteroatoms. The summed E-state index contributed by atoms with van der Waals surface area (Å²) in [6.07, 6.45) is 5.28. The van der Waals surface area contributed by atoms with E-state index in [2.05, 4.69) is 10.3 Å². The minimum absolute atomic E-state index is 0.0305. The van der Waals surface area contributed by atoms with Crippen LogP contribution in [0.15, 0.2) is 22.4 Å². The van der Waals surface area contributed by atoms with Crippen LogP contribution in [-0.2, 0) is 11.3 Å². The zero-order valence-corrected chi connectivity index (χ0v) is 14.1. The third-order valence-corrected chi connectivity index (χ3v) is 5.93. The van der Waals surface area contributed by atoms with Gasteiger partial charge >= 0.3 is 6.03 Å². The summed E-state index contributed by atoms with van der Waals surface area (Å²) in [5.74, 6) is -0.0704. The zero-order chi connectivity index (χ0) is 16.9. The van der Waals surface area contributed by atoms with Gasteiger partial charge in [-0.3, -0.25) is 18.9 Å². The summed E-state index contributed by atoms with van der Waals surface area (Å²) in [5.41, 5.74) is -0.548. The van der Waals surface area contributed by atoms with E-state index in [-0.39, 0.29) is 30.0 Å². The number of fused-ring (bicyclic) bond motifs is 1. The second-order valence-electron chi connectivity index (χ2n) is 6.58. The maximum atomic E-state index is 12.9. The average molecular weight is 346 g/mol. The quantitative estimate of drug-likeness (QED) is 0.840. The number of carbonyl (C=O) groups is 2. The Balaban J connectivity index is 1.65. The van der Waals surface area contributed by atoms with E-state index in [0.717, 1.165) is 19.3 Å². The van der Waals surface area contributed by atoms with Crippen LogP contribution in [0.1, 0.15) is 38.3 Å². The molecule has 24 heavy (non-hydrogen) atoms. The van der Waals surface area contributed by atoms with Crippen LogP contribution in [0.5, 0.6) is 0 Å². The Kier molecular flexibility index (Phi) is 3.45. The topological polar surface area (TPSA) is 83.8 Å². The number of hydrogen-bond acceptors (Lipinski definition) is 5. The van der Waals surface area contributed by atoms with Crippen LogP contribution in [0.3, 0.4) is 0 Å². The number of rotatable bonds is 2. The molecule has 0 unspecified atom stereocenters. The highest BCUT2D eigenvalue weighted by molar-refractivity contribution is 7.15. The normalized spacial score (nSPS) is 27.2. The molecule has 4 rings (SSSR count). The molecule has 2 fully saturated rings. The fourth-order valence-corrected chi connectivity index (χ4v) is 4.51. The second-order valence-corrected chi connectivity index (χ2v) is 7.45. The van der Waals surface area contributed by atoms with Gasteiger partial charge in [0.15, 0.2) is 4.96 Å². The van der Waals surface area contributed by atoms with E-state index in [1.54, 1.807) is 11.6 Å². The number of nitrogens with zero attached hydrogens (tertiary/aromatic N) is 3. The van der Waals surface area contributed by atoms with Gasteiger partial charge in [-0.25, -0.2) is 9.78 Å². The number of carbonyl (C=O) groups excluding carboxylic acids is 2. The van der Waals surface area contributed by atoms with Crippen LogP contribution < -0.4 is 10.9 Å². The van der Waals surface area contributed by atoms with Crippen molar-refractivity contribution in [1.29, 1.82) is 0 Å². The first kappa shape index (κ1) is 15.3. The number of aromatic nitrogens is 2. The van der Waals surface area contributed by atoms with Crippen molar-refractivity contribution < 1.29 is 9.59 Å². The van der Waals surface area contributed by atoms with E-state index in [4.69, 9.17) is 0 Å². The standard InChI is InChI=1S/C16H18N4O3S/c1-10-4-2-3-5-16(10)13(22)20(14(23)18-16)9-11-8-12(21)19-6-7-24-15(19)17-11/h6-8,10H,2-5,9H2,1H3,(H,18,23)/t10-,16-/m0/s1. The molecule has 2 aliphatic rings. The molecule has 1 saturated heterocycles. The number of amides is 3. The van der Waals surface area contributed by atoms with Crippen LogP contribution in [0.25, 0.3) is 4.96 Å². The van der Waals surface area contributed by atoms with Crippen molar-refractivity contribution in [3.05, 3.63) is 33.7 Å². The van der Waals surface area contributed by atoms with Crippen LogP contribution >= 0.6 is 11.3 Å². The largest absolute Gasteiger partial charge is 0.325 e. The maximum absolute atomic E-state index is 12.9. The fourth-order valence-electron chi connectivity index (χ4n) is 3.77. The summed E-state index contributed by atoms with van der Waals surface area (Å²) < 4.78 is 1.45. The van der Waals surface area contributed by atoms with Gasteiger partial charge in [0, 0.05) is 17.6 Å². The summed E-state index contributed by atoms with van der Waals surface area (Å²) in [6, 6.07) is 0.997. The number of urea groups is 1. The van der Waals surface area contributed by atoms with Crippen LogP contribution in [0, 0.1) is 5.92 Å². The van der Waals surface area contributed by atoms with E-state index >= 15 is 0 Å². The number of thiazole rings is 1. The summed E-state index contributed by atoms with van der Waals surface area (Å²) in [6.45, 7) is 2.05. The van der Waals surface area contributed by atoms with Crippen LogP contribution in [0.2, 0.25) is 0 Å². The lowest BCUT2D eigenvalue weighted by Crippen LogP contribution is -2.53. The minimum atomic E-state index is -0.780. The van der Waals surface area contributed by atoms with Gasteiger partial charge < -0.3 is 5.32 Å². The van der Waals surface area contributed by atoms with Crippen molar-refractivity contribution >= 4 is 28.2 Å². The average Bonchev–Trinajstić information content (AvgIpc) is 3.10. The fraction of sp³-hybridized carbons (Fsp3) is 0.500. The molecular formula is C16H18N4O3S. The Morgan fingerprint density at radius 1 is 1.38 bits per heavy atom. The Labute approximate surface area is 142 Å². The summed E-state index contributed by atoms with van der Waals surface area (Å²) in [5, 5.41) is 4.69. The molecule has 2 aromatic heterocycles. The molecule has 2 aromatic rings. The molecule has 2 atom stereocenters. The van der Waals surface area contributed by atoms with Gasteiger partial charge in [0.05, 0.1) is 12.2 Å². The molecule has 3 heterocycles. The molecule has 0 bridgehead atoms. The lowest BCUT2D eigenvalue weighted by atomic mass is 9.73. The second kappa shape index (κ2) is 5.41. The third-order valence-electron chi connectivity index (χ3n) is 5.18. The molecule has 1 N–H and O–H groups in total. The van der Waals surface area contributed by atoms with Gasteiger partial charge in [0.25, 0.3) is 11.5 Å². The monoisotopic (exact) mass is 346 g/mol. The lowest BCUT2D eigenvalue weighted by Gasteiger charge is -2.36. The van der Waals surface area contributed by atoms with E-state index in [1.165, 1.54) is 26.7 Å². The summed E-state index contributed by atoms with van der Waals surface area (Å²) >= 11 is 1.34. The Hall–Kier alpha value is -2.22. The first-order valence-electron chi connectivity index (χ1n) is 8.11. The molecule has 1 spiro atoms. The first-order chi connectivity index (χ1) is 11.5. The van der Waals surface area contributed by atoms with Gasteiger partial charge in [0.1, 0.15) is 5.54 Å². The van der Waals surface area contributed by atoms with Crippen molar-refractivity contribution in [3.63, 3.8) is 0 Å². The lowest BCUT2D eigenvalue weighted by molar-refractivity contribution is -0.134. The molecule has 1 aliphatic heterocycles.